The number of nitrogens with zero attached hydrogens (tertiary/aromatic N) is 2. The number of benzene rings is 1. The Morgan fingerprint density at radius 2 is 2.22 bits per heavy atom. The van der Waals surface area contributed by atoms with Crippen molar-refractivity contribution < 1.29 is 9.72 Å². The van der Waals surface area contributed by atoms with Gasteiger partial charge in [0.2, 0.25) is 0 Å². The second kappa shape index (κ2) is 5.95. The van der Waals surface area contributed by atoms with E-state index in [2.05, 4.69) is 6.58 Å². The van der Waals surface area contributed by atoms with E-state index in [4.69, 9.17) is 0 Å². The van der Waals surface area contributed by atoms with Crippen molar-refractivity contribution >= 4 is 17.2 Å². The van der Waals surface area contributed by atoms with Crippen LogP contribution in [0.3, 0.4) is 0 Å². The molecule has 0 bridgehead atoms. The molecule has 0 aliphatic rings. The molecule has 1 rings (SSSR count). The predicted molar refractivity (Wildman–Crippen MR) is 71.2 cm³/mol. The third-order valence-corrected chi connectivity index (χ3v) is 2.64. The fraction of sp³-hybridized carbons (Fsp3) is 0.308. The summed E-state index contributed by atoms with van der Waals surface area (Å²) in [7, 11) is 0. The van der Waals surface area contributed by atoms with Gasteiger partial charge in [0.15, 0.2) is 5.78 Å². The number of hydrogen-bond donors (Lipinski definition) is 0. The zero-order chi connectivity index (χ0) is 13.7. The number of nitro groups is 1. The molecule has 0 amide bonds. The minimum Gasteiger partial charge on any atom is -0.368 e. The van der Waals surface area contributed by atoms with Crippen molar-refractivity contribution in [3.8, 4) is 0 Å². The van der Waals surface area contributed by atoms with Crippen LogP contribution < -0.4 is 4.90 Å². The molecule has 1 aromatic rings. The second-order valence-electron chi connectivity index (χ2n) is 3.84. The first-order chi connectivity index (χ1) is 8.51. The van der Waals surface area contributed by atoms with E-state index in [9.17, 15) is 14.9 Å². The molecule has 0 fully saturated rings. The van der Waals surface area contributed by atoms with Gasteiger partial charge in [-0.25, -0.2) is 0 Å². The van der Waals surface area contributed by atoms with Crippen LogP contribution in [0.25, 0.3) is 0 Å². The van der Waals surface area contributed by atoms with Crippen LogP contribution in [0.5, 0.6) is 0 Å². The highest BCUT2D eigenvalue weighted by Gasteiger charge is 2.16. The Hall–Kier alpha value is -2.17. The summed E-state index contributed by atoms with van der Waals surface area (Å²) in [6.07, 6.45) is 1.73. The first-order valence-electron chi connectivity index (χ1n) is 5.66. The lowest BCUT2D eigenvalue weighted by molar-refractivity contribution is -0.384. The summed E-state index contributed by atoms with van der Waals surface area (Å²) in [5.74, 6) is -0.184. The van der Waals surface area contributed by atoms with E-state index in [1.54, 1.807) is 12.1 Å². The lowest BCUT2D eigenvalue weighted by atomic mass is 10.1. The van der Waals surface area contributed by atoms with Gasteiger partial charge in [0.05, 0.1) is 4.92 Å². The van der Waals surface area contributed by atoms with Gasteiger partial charge in [-0.05, 0) is 19.9 Å². The Bertz CT molecular complexity index is 483. The van der Waals surface area contributed by atoms with Crippen molar-refractivity contribution in [2.24, 2.45) is 0 Å². The van der Waals surface area contributed by atoms with Crippen molar-refractivity contribution in [1.82, 2.24) is 0 Å². The summed E-state index contributed by atoms with van der Waals surface area (Å²) in [6.45, 7) is 8.31. The molecule has 0 saturated carbocycles. The molecule has 0 saturated heterocycles. The Morgan fingerprint density at radius 3 is 2.67 bits per heavy atom. The first-order valence-corrected chi connectivity index (χ1v) is 5.66. The molecule has 0 spiro atoms. The second-order valence-corrected chi connectivity index (χ2v) is 3.84. The molecule has 5 heteroatoms. The van der Waals surface area contributed by atoms with Crippen LogP contribution in [0, 0.1) is 10.1 Å². The van der Waals surface area contributed by atoms with Gasteiger partial charge in [0.1, 0.15) is 0 Å². The van der Waals surface area contributed by atoms with Crippen LogP contribution in [0.1, 0.15) is 24.2 Å². The van der Waals surface area contributed by atoms with Crippen LogP contribution in [-0.4, -0.2) is 23.8 Å². The van der Waals surface area contributed by atoms with E-state index in [-0.39, 0.29) is 11.5 Å². The van der Waals surface area contributed by atoms with E-state index in [0.717, 1.165) is 0 Å². The topological polar surface area (TPSA) is 63.4 Å². The van der Waals surface area contributed by atoms with Crippen LogP contribution >= 0.6 is 0 Å². The maximum atomic E-state index is 11.6. The summed E-state index contributed by atoms with van der Waals surface area (Å²) in [6, 6.07) is 4.35. The lowest BCUT2D eigenvalue weighted by Gasteiger charge is -2.23. The van der Waals surface area contributed by atoms with Gasteiger partial charge in [-0.3, -0.25) is 14.9 Å². The summed E-state index contributed by atoms with van der Waals surface area (Å²) >= 11 is 0. The minimum absolute atomic E-state index is 0.0707. The maximum Gasteiger partial charge on any atom is 0.270 e. The molecular formula is C13H16N2O3. The van der Waals surface area contributed by atoms with Crippen LogP contribution in [0.4, 0.5) is 11.4 Å². The van der Waals surface area contributed by atoms with Crippen LogP contribution in [0.2, 0.25) is 0 Å². The number of likely N-dealkylation sites (N-methyl/N-ethyl adjacent to an activating group) is 1. The normalized spacial score (nSPS) is 9.89. The first kappa shape index (κ1) is 13.9. The SMILES string of the molecule is C=CCN(CC)c1ccc([N+](=O)[O-])cc1C(C)=O. The number of Topliss-reactive ketones (excluding diaryl/α,β-unsaturated/α-hetero) is 1. The van der Waals surface area contributed by atoms with Gasteiger partial charge in [-0.15, -0.1) is 6.58 Å². The van der Waals surface area contributed by atoms with Crippen molar-refractivity contribution in [3.05, 3.63) is 46.5 Å². The van der Waals surface area contributed by atoms with Gasteiger partial charge in [0, 0.05) is 36.5 Å². The molecule has 1 aromatic carbocycles. The molecule has 0 heterocycles. The quantitative estimate of drug-likeness (QED) is 0.336. The zero-order valence-electron chi connectivity index (χ0n) is 10.5. The predicted octanol–water partition coefficient (Wildman–Crippen LogP) is 2.81. The molecule has 0 aliphatic heterocycles. The average molecular weight is 248 g/mol. The van der Waals surface area contributed by atoms with Crippen molar-refractivity contribution in [1.29, 1.82) is 0 Å². The number of carbonyl (C=O) groups is 1. The Balaban J connectivity index is 3.30. The Morgan fingerprint density at radius 1 is 1.56 bits per heavy atom. The minimum atomic E-state index is -0.500. The zero-order valence-corrected chi connectivity index (χ0v) is 10.5. The van der Waals surface area contributed by atoms with Gasteiger partial charge < -0.3 is 4.90 Å². The number of ketones is 1. The number of nitro benzene ring substituents is 1. The number of hydrogen-bond acceptors (Lipinski definition) is 4. The third-order valence-electron chi connectivity index (χ3n) is 2.64. The van der Waals surface area contributed by atoms with E-state index < -0.39 is 4.92 Å². The van der Waals surface area contributed by atoms with Crippen LogP contribution in [-0.2, 0) is 0 Å². The highest BCUT2D eigenvalue weighted by atomic mass is 16.6. The molecular weight excluding hydrogens is 232 g/mol. The van der Waals surface area contributed by atoms with E-state index in [1.165, 1.54) is 19.1 Å². The third kappa shape index (κ3) is 2.94. The molecule has 5 nitrogen and oxygen atoms in total. The number of non-ortho nitro benzene ring substituents is 1. The van der Waals surface area contributed by atoms with Crippen molar-refractivity contribution in [2.45, 2.75) is 13.8 Å². The summed E-state index contributed by atoms with van der Waals surface area (Å²) in [5.41, 5.74) is 1.00. The molecule has 0 atom stereocenters. The standard InChI is InChI=1S/C13H16N2O3/c1-4-8-14(5-2)13-7-6-11(15(17)18)9-12(13)10(3)16/h4,6-7,9H,1,5,8H2,2-3H3. The van der Waals surface area contributed by atoms with E-state index in [1.807, 2.05) is 11.8 Å². The summed E-state index contributed by atoms with van der Waals surface area (Å²) < 4.78 is 0. The highest BCUT2D eigenvalue weighted by Crippen LogP contribution is 2.26. The molecule has 0 radical (unpaired) electrons. The number of carbonyl (C=O) groups excluding carboxylic acids is 1. The number of anilines is 1. The van der Waals surface area contributed by atoms with Gasteiger partial charge in [-0.2, -0.15) is 0 Å². The molecule has 18 heavy (non-hydrogen) atoms. The van der Waals surface area contributed by atoms with Gasteiger partial charge >= 0.3 is 0 Å². The fourth-order valence-electron chi connectivity index (χ4n) is 1.75. The Labute approximate surface area is 106 Å². The Kier molecular flexibility index (Phi) is 4.59. The molecule has 0 N–H and O–H groups in total. The van der Waals surface area contributed by atoms with Gasteiger partial charge in [-0.1, -0.05) is 6.08 Å². The van der Waals surface area contributed by atoms with Crippen molar-refractivity contribution in [2.75, 3.05) is 18.0 Å². The monoisotopic (exact) mass is 248 g/mol. The van der Waals surface area contributed by atoms with Crippen LogP contribution in [0.15, 0.2) is 30.9 Å². The molecule has 0 aliphatic carbocycles. The maximum absolute atomic E-state index is 11.6. The largest absolute Gasteiger partial charge is 0.368 e. The van der Waals surface area contributed by atoms with E-state index in [0.29, 0.717) is 24.3 Å². The summed E-state index contributed by atoms with van der Waals surface area (Å²) in [4.78, 5) is 23.7. The van der Waals surface area contributed by atoms with Gasteiger partial charge in [0.25, 0.3) is 5.69 Å². The lowest BCUT2D eigenvalue weighted by Crippen LogP contribution is -2.24. The molecule has 0 unspecified atom stereocenters. The molecule has 0 aromatic heterocycles. The van der Waals surface area contributed by atoms with E-state index >= 15 is 0 Å². The average Bonchev–Trinajstić information content (AvgIpc) is 2.35. The number of rotatable bonds is 6. The smallest absolute Gasteiger partial charge is 0.270 e. The fourth-order valence-corrected chi connectivity index (χ4v) is 1.75. The van der Waals surface area contributed by atoms with Crippen molar-refractivity contribution in [3.63, 3.8) is 0 Å². The highest BCUT2D eigenvalue weighted by molar-refractivity contribution is 6.00. The summed E-state index contributed by atoms with van der Waals surface area (Å²) in [5, 5.41) is 10.7. The molecule has 96 valence electrons.